The van der Waals surface area contributed by atoms with Gasteiger partial charge in [-0.3, -0.25) is 4.90 Å². The van der Waals surface area contributed by atoms with Crippen LogP contribution in [0.1, 0.15) is 24.7 Å². The summed E-state index contributed by atoms with van der Waals surface area (Å²) in [6, 6.07) is 2.02. The molecule has 0 bridgehead atoms. The molecule has 0 saturated heterocycles. The van der Waals surface area contributed by atoms with Gasteiger partial charge >= 0.3 is 0 Å². The molecule has 0 amide bonds. The summed E-state index contributed by atoms with van der Waals surface area (Å²) in [7, 11) is 0. The van der Waals surface area contributed by atoms with Crippen LogP contribution in [0.4, 0.5) is 0 Å². The van der Waals surface area contributed by atoms with E-state index in [9.17, 15) is 0 Å². The lowest BCUT2D eigenvalue weighted by atomic mass is 10.1. The first-order valence-electron chi connectivity index (χ1n) is 5.43. The van der Waals surface area contributed by atoms with Gasteiger partial charge in [-0.2, -0.15) is 0 Å². The molecule has 0 atom stereocenters. The fourth-order valence-corrected chi connectivity index (χ4v) is 1.88. The zero-order valence-corrected chi connectivity index (χ0v) is 9.20. The van der Waals surface area contributed by atoms with E-state index in [-0.39, 0.29) is 0 Å². The monoisotopic (exact) mass is 206 g/mol. The van der Waals surface area contributed by atoms with Crippen LogP contribution in [-0.4, -0.2) is 18.0 Å². The van der Waals surface area contributed by atoms with Gasteiger partial charge in [-0.05, 0) is 19.4 Å². The van der Waals surface area contributed by atoms with E-state index in [2.05, 4.69) is 17.9 Å². The molecule has 0 radical (unpaired) electrons. The van der Waals surface area contributed by atoms with E-state index >= 15 is 0 Å². The lowest BCUT2D eigenvalue weighted by molar-refractivity contribution is 0.283. The molecule has 0 spiro atoms. The molecule has 1 aromatic rings. The topological polar surface area (TPSA) is 42.4 Å². The third-order valence-corrected chi connectivity index (χ3v) is 2.94. The molecule has 15 heavy (non-hydrogen) atoms. The molecule has 0 unspecified atom stereocenters. The third-order valence-electron chi connectivity index (χ3n) is 2.94. The van der Waals surface area contributed by atoms with Crippen LogP contribution in [0.5, 0.6) is 0 Å². The second kappa shape index (κ2) is 4.64. The molecule has 1 aliphatic rings. The van der Waals surface area contributed by atoms with Gasteiger partial charge in [0.15, 0.2) is 0 Å². The fraction of sp³-hybridized carbons (Fsp3) is 0.500. The number of nitrogens with two attached hydrogens (primary N) is 1. The standard InChI is InChI=1S/C12H18N2O/c1-10-2-5-14(6-3-10)9-11-4-7-15-12(11)8-13/h2,4,7H,3,5-6,8-9,13H2,1H3. The zero-order valence-electron chi connectivity index (χ0n) is 9.20. The molecular formula is C12H18N2O. The summed E-state index contributed by atoms with van der Waals surface area (Å²) in [6.45, 7) is 5.82. The normalized spacial score (nSPS) is 17.9. The first-order chi connectivity index (χ1) is 7.29. The average Bonchev–Trinajstić information content (AvgIpc) is 2.69. The largest absolute Gasteiger partial charge is 0.468 e. The summed E-state index contributed by atoms with van der Waals surface area (Å²) in [4.78, 5) is 2.41. The predicted octanol–water partition coefficient (Wildman–Crippen LogP) is 1.89. The number of hydrogen-bond donors (Lipinski definition) is 1. The Balaban J connectivity index is 1.98. The lowest BCUT2D eigenvalue weighted by Crippen LogP contribution is -2.28. The van der Waals surface area contributed by atoms with Gasteiger partial charge < -0.3 is 10.2 Å². The highest BCUT2D eigenvalue weighted by atomic mass is 16.3. The maximum Gasteiger partial charge on any atom is 0.121 e. The van der Waals surface area contributed by atoms with Crippen LogP contribution in [0.3, 0.4) is 0 Å². The van der Waals surface area contributed by atoms with Crippen molar-refractivity contribution in [2.24, 2.45) is 5.73 Å². The van der Waals surface area contributed by atoms with Crippen LogP contribution in [0.25, 0.3) is 0 Å². The van der Waals surface area contributed by atoms with E-state index in [0.717, 1.165) is 25.4 Å². The van der Waals surface area contributed by atoms with Crippen LogP contribution in [0.15, 0.2) is 28.4 Å². The Morgan fingerprint density at radius 3 is 3.07 bits per heavy atom. The first kappa shape index (κ1) is 10.5. The summed E-state index contributed by atoms with van der Waals surface area (Å²) < 4.78 is 5.31. The summed E-state index contributed by atoms with van der Waals surface area (Å²) in [5.74, 6) is 0.918. The molecule has 3 nitrogen and oxygen atoms in total. The van der Waals surface area contributed by atoms with Gasteiger partial charge in [-0.1, -0.05) is 11.6 Å². The van der Waals surface area contributed by atoms with Gasteiger partial charge in [0.05, 0.1) is 12.8 Å². The highest BCUT2D eigenvalue weighted by molar-refractivity contribution is 5.17. The van der Waals surface area contributed by atoms with Gasteiger partial charge in [0, 0.05) is 25.2 Å². The van der Waals surface area contributed by atoms with Gasteiger partial charge in [0.25, 0.3) is 0 Å². The van der Waals surface area contributed by atoms with Crippen LogP contribution in [0.2, 0.25) is 0 Å². The summed E-state index contributed by atoms with van der Waals surface area (Å²) >= 11 is 0. The molecule has 82 valence electrons. The van der Waals surface area contributed by atoms with Crippen LogP contribution >= 0.6 is 0 Å². The van der Waals surface area contributed by atoms with E-state index in [1.54, 1.807) is 6.26 Å². The fourth-order valence-electron chi connectivity index (χ4n) is 1.88. The maximum atomic E-state index is 5.60. The minimum absolute atomic E-state index is 0.491. The van der Waals surface area contributed by atoms with E-state index in [4.69, 9.17) is 10.2 Å². The van der Waals surface area contributed by atoms with Crippen molar-refractivity contribution in [3.8, 4) is 0 Å². The second-order valence-corrected chi connectivity index (χ2v) is 4.11. The zero-order chi connectivity index (χ0) is 10.7. The van der Waals surface area contributed by atoms with E-state index in [1.165, 1.54) is 17.6 Å². The molecule has 1 aliphatic heterocycles. The van der Waals surface area contributed by atoms with Crippen molar-refractivity contribution < 1.29 is 4.42 Å². The van der Waals surface area contributed by atoms with E-state index < -0.39 is 0 Å². The van der Waals surface area contributed by atoms with Crippen LogP contribution in [0, 0.1) is 0 Å². The van der Waals surface area contributed by atoms with Crippen molar-refractivity contribution in [1.29, 1.82) is 0 Å². The first-order valence-corrected chi connectivity index (χ1v) is 5.43. The SMILES string of the molecule is CC1=CCN(Cc2ccoc2CN)CC1. The molecule has 2 rings (SSSR count). The maximum absolute atomic E-state index is 5.60. The molecule has 1 aromatic heterocycles. The van der Waals surface area contributed by atoms with Crippen molar-refractivity contribution >= 4 is 0 Å². The minimum atomic E-state index is 0.491. The molecule has 2 N–H and O–H groups in total. The molecule has 0 aromatic carbocycles. The minimum Gasteiger partial charge on any atom is -0.468 e. The molecular weight excluding hydrogens is 188 g/mol. The van der Waals surface area contributed by atoms with Crippen molar-refractivity contribution in [3.63, 3.8) is 0 Å². The Kier molecular flexibility index (Phi) is 3.23. The van der Waals surface area contributed by atoms with Crippen molar-refractivity contribution in [2.75, 3.05) is 13.1 Å². The van der Waals surface area contributed by atoms with E-state index in [1.807, 2.05) is 6.07 Å². The quantitative estimate of drug-likeness (QED) is 0.768. The number of hydrogen-bond acceptors (Lipinski definition) is 3. The Morgan fingerprint density at radius 2 is 2.40 bits per heavy atom. The summed E-state index contributed by atoms with van der Waals surface area (Å²) in [6.07, 6.45) is 5.20. The smallest absolute Gasteiger partial charge is 0.121 e. The van der Waals surface area contributed by atoms with Crippen molar-refractivity contribution in [1.82, 2.24) is 4.90 Å². The Hall–Kier alpha value is -1.06. The van der Waals surface area contributed by atoms with Gasteiger partial charge in [-0.25, -0.2) is 0 Å². The summed E-state index contributed by atoms with van der Waals surface area (Å²) in [5.41, 5.74) is 8.32. The molecule has 3 heteroatoms. The Bertz CT molecular complexity index is 354. The molecule has 2 heterocycles. The number of furan rings is 1. The molecule has 0 aliphatic carbocycles. The van der Waals surface area contributed by atoms with Crippen LogP contribution in [-0.2, 0) is 13.1 Å². The molecule has 0 saturated carbocycles. The predicted molar refractivity (Wildman–Crippen MR) is 60.3 cm³/mol. The van der Waals surface area contributed by atoms with Gasteiger partial charge in [0.1, 0.15) is 5.76 Å². The van der Waals surface area contributed by atoms with Crippen molar-refractivity contribution in [3.05, 3.63) is 35.3 Å². The molecule has 0 fully saturated rings. The van der Waals surface area contributed by atoms with Gasteiger partial charge in [0.2, 0.25) is 0 Å². The second-order valence-electron chi connectivity index (χ2n) is 4.11. The lowest BCUT2D eigenvalue weighted by Gasteiger charge is -2.24. The van der Waals surface area contributed by atoms with Gasteiger partial charge in [-0.15, -0.1) is 0 Å². The Labute approximate surface area is 90.5 Å². The third kappa shape index (κ3) is 2.49. The highest BCUT2D eigenvalue weighted by Gasteiger charge is 2.12. The van der Waals surface area contributed by atoms with Crippen LogP contribution < -0.4 is 5.73 Å². The number of rotatable bonds is 3. The van der Waals surface area contributed by atoms with Crippen molar-refractivity contribution in [2.45, 2.75) is 26.4 Å². The highest BCUT2D eigenvalue weighted by Crippen LogP contribution is 2.16. The van der Waals surface area contributed by atoms with E-state index in [0.29, 0.717) is 6.54 Å². The average molecular weight is 206 g/mol. The Morgan fingerprint density at radius 1 is 1.53 bits per heavy atom. The number of nitrogens with zero attached hydrogens (tertiary/aromatic N) is 1. The summed E-state index contributed by atoms with van der Waals surface area (Å²) in [5, 5.41) is 0.